The molecule has 138 valence electrons. The number of aromatic nitrogens is 5. The van der Waals surface area contributed by atoms with Crippen molar-refractivity contribution in [3.05, 3.63) is 74.7 Å². The molecule has 1 aromatic carbocycles. The van der Waals surface area contributed by atoms with E-state index >= 15 is 0 Å². The molecule has 0 saturated heterocycles. The van der Waals surface area contributed by atoms with Gasteiger partial charge in [0.05, 0.1) is 0 Å². The molecule has 3 heterocycles. The number of hydrogen-bond acceptors (Lipinski definition) is 3. The zero-order chi connectivity index (χ0) is 19.5. The molecule has 0 amide bonds. The summed E-state index contributed by atoms with van der Waals surface area (Å²) in [6.45, 7) is 9.80. The number of aryl methyl sites for hydroxylation is 3. The third kappa shape index (κ3) is 2.24. The van der Waals surface area contributed by atoms with Crippen LogP contribution >= 0.6 is 0 Å². The molecule has 0 aliphatic heterocycles. The van der Waals surface area contributed by atoms with Gasteiger partial charge in [-0.1, -0.05) is 23.8 Å². The van der Waals surface area contributed by atoms with E-state index in [2.05, 4.69) is 11.6 Å². The molecular weight excluding hydrogens is 342 g/mol. The smallest absolute Gasteiger partial charge is 0.283 e. The summed E-state index contributed by atoms with van der Waals surface area (Å²) in [5.74, 6) is 0.618. The normalized spacial score (nSPS) is 11.6. The van der Waals surface area contributed by atoms with E-state index in [0.29, 0.717) is 16.9 Å². The van der Waals surface area contributed by atoms with Gasteiger partial charge >= 0.3 is 5.69 Å². The predicted molar refractivity (Wildman–Crippen MR) is 106 cm³/mol. The summed E-state index contributed by atoms with van der Waals surface area (Å²) in [4.78, 5) is 30.3. The molecule has 0 N–H and O–H groups in total. The van der Waals surface area contributed by atoms with E-state index in [1.807, 2.05) is 54.0 Å². The highest BCUT2D eigenvalue weighted by Gasteiger charge is 2.22. The summed E-state index contributed by atoms with van der Waals surface area (Å²) in [5, 5.41) is 0. The van der Waals surface area contributed by atoms with Crippen molar-refractivity contribution in [2.75, 3.05) is 0 Å². The van der Waals surface area contributed by atoms with Crippen molar-refractivity contribution in [3.63, 3.8) is 0 Å². The Morgan fingerprint density at radius 3 is 2.37 bits per heavy atom. The molecular formula is C20H21N5O2. The maximum absolute atomic E-state index is 13.1. The van der Waals surface area contributed by atoms with Crippen molar-refractivity contribution in [1.29, 1.82) is 0 Å². The maximum Gasteiger partial charge on any atom is 0.332 e. The lowest BCUT2D eigenvalue weighted by atomic mass is 10.2. The minimum absolute atomic E-state index is 0.158. The van der Waals surface area contributed by atoms with Crippen LogP contribution in [0.1, 0.15) is 17.0 Å². The second-order valence-electron chi connectivity index (χ2n) is 6.81. The Morgan fingerprint density at radius 2 is 1.74 bits per heavy atom. The number of allylic oxidation sites excluding steroid dienone is 1. The molecule has 0 aliphatic carbocycles. The van der Waals surface area contributed by atoms with Gasteiger partial charge in [0.1, 0.15) is 0 Å². The molecule has 0 aliphatic rings. The molecule has 0 unspecified atom stereocenters. The number of benzene rings is 1. The molecule has 3 aromatic heterocycles. The quantitative estimate of drug-likeness (QED) is 0.525. The minimum Gasteiger partial charge on any atom is -0.283 e. The van der Waals surface area contributed by atoms with Crippen LogP contribution in [-0.4, -0.2) is 23.1 Å². The molecule has 0 atom stereocenters. The van der Waals surface area contributed by atoms with Gasteiger partial charge in [-0.15, -0.1) is 6.58 Å². The highest BCUT2D eigenvalue weighted by molar-refractivity contribution is 5.77. The van der Waals surface area contributed by atoms with Crippen LogP contribution < -0.4 is 11.2 Å². The van der Waals surface area contributed by atoms with Crippen molar-refractivity contribution < 1.29 is 0 Å². The summed E-state index contributed by atoms with van der Waals surface area (Å²) in [6.07, 6.45) is 1.54. The lowest BCUT2D eigenvalue weighted by Crippen LogP contribution is -2.39. The highest BCUT2D eigenvalue weighted by Crippen LogP contribution is 2.24. The van der Waals surface area contributed by atoms with E-state index in [1.54, 1.807) is 13.1 Å². The topological polar surface area (TPSA) is 66.2 Å². The van der Waals surface area contributed by atoms with Crippen molar-refractivity contribution >= 4 is 16.9 Å². The second-order valence-corrected chi connectivity index (χ2v) is 6.81. The standard InChI is InChI=1S/C20H21N5O2/c1-6-11-23-18(26)16-17(22(5)20(23)27)21-19-24(13(3)14(4)25(16)19)15-9-7-12(2)8-10-15/h6-10H,1,11H2,2-5H3. The third-order valence-corrected chi connectivity index (χ3v) is 5.12. The Balaban J connectivity index is 2.20. The number of imidazole rings is 2. The summed E-state index contributed by atoms with van der Waals surface area (Å²) in [7, 11) is 1.63. The van der Waals surface area contributed by atoms with Crippen LogP contribution in [0, 0.1) is 20.8 Å². The lowest BCUT2D eigenvalue weighted by Gasteiger charge is -2.07. The molecule has 7 nitrogen and oxygen atoms in total. The third-order valence-electron chi connectivity index (χ3n) is 5.12. The van der Waals surface area contributed by atoms with Gasteiger partial charge < -0.3 is 0 Å². The average Bonchev–Trinajstić information content (AvgIpc) is 3.14. The van der Waals surface area contributed by atoms with E-state index < -0.39 is 5.69 Å². The molecule has 7 heteroatoms. The molecule has 0 spiro atoms. The van der Waals surface area contributed by atoms with Gasteiger partial charge in [-0.3, -0.25) is 22.9 Å². The van der Waals surface area contributed by atoms with Gasteiger partial charge in [0.15, 0.2) is 11.2 Å². The van der Waals surface area contributed by atoms with Gasteiger partial charge in [-0.2, -0.15) is 4.98 Å². The Kier molecular flexibility index (Phi) is 3.69. The van der Waals surface area contributed by atoms with Gasteiger partial charge in [0.25, 0.3) is 5.56 Å². The fourth-order valence-corrected chi connectivity index (χ4v) is 3.54. The lowest BCUT2D eigenvalue weighted by molar-refractivity contribution is 0.667. The fourth-order valence-electron chi connectivity index (χ4n) is 3.54. The van der Waals surface area contributed by atoms with E-state index in [1.165, 1.54) is 14.7 Å². The van der Waals surface area contributed by atoms with Crippen molar-refractivity contribution in [2.24, 2.45) is 7.05 Å². The van der Waals surface area contributed by atoms with E-state index in [9.17, 15) is 9.59 Å². The first-order valence-corrected chi connectivity index (χ1v) is 8.74. The van der Waals surface area contributed by atoms with Crippen LogP contribution in [0.4, 0.5) is 0 Å². The van der Waals surface area contributed by atoms with Crippen LogP contribution in [-0.2, 0) is 13.6 Å². The monoisotopic (exact) mass is 363 g/mol. The van der Waals surface area contributed by atoms with Crippen LogP contribution in [0.5, 0.6) is 0 Å². The molecule has 27 heavy (non-hydrogen) atoms. The van der Waals surface area contributed by atoms with Gasteiger partial charge in [-0.05, 0) is 32.9 Å². The zero-order valence-electron chi connectivity index (χ0n) is 15.9. The molecule has 4 rings (SSSR count). The SMILES string of the molecule is C=CCn1c(=O)c2c(nc3n(-c4ccc(C)cc4)c(C)c(C)n23)n(C)c1=O. The van der Waals surface area contributed by atoms with Crippen LogP contribution in [0.2, 0.25) is 0 Å². The van der Waals surface area contributed by atoms with Crippen molar-refractivity contribution in [2.45, 2.75) is 27.3 Å². The molecule has 0 radical (unpaired) electrons. The highest BCUT2D eigenvalue weighted by atomic mass is 16.2. The van der Waals surface area contributed by atoms with Gasteiger partial charge in [0.2, 0.25) is 5.78 Å². The number of fused-ring (bicyclic) bond motifs is 3. The molecule has 0 saturated carbocycles. The van der Waals surface area contributed by atoms with Crippen molar-refractivity contribution in [3.8, 4) is 5.69 Å². The van der Waals surface area contributed by atoms with Crippen LogP contribution in [0.15, 0.2) is 46.5 Å². The Hall–Kier alpha value is -3.35. The van der Waals surface area contributed by atoms with E-state index in [-0.39, 0.29) is 12.1 Å². The Labute approximate surface area is 155 Å². The number of nitrogens with zero attached hydrogens (tertiary/aromatic N) is 5. The Morgan fingerprint density at radius 1 is 1.07 bits per heavy atom. The van der Waals surface area contributed by atoms with Crippen LogP contribution in [0.25, 0.3) is 22.6 Å². The first kappa shape index (κ1) is 17.1. The first-order valence-electron chi connectivity index (χ1n) is 8.74. The number of hydrogen-bond donors (Lipinski definition) is 0. The van der Waals surface area contributed by atoms with Crippen molar-refractivity contribution in [1.82, 2.24) is 23.1 Å². The Bertz CT molecular complexity index is 1330. The maximum atomic E-state index is 13.1. The zero-order valence-corrected chi connectivity index (χ0v) is 15.9. The average molecular weight is 363 g/mol. The van der Waals surface area contributed by atoms with E-state index in [4.69, 9.17) is 0 Å². The van der Waals surface area contributed by atoms with Gasteiger partial charge in [0, 0.05) is 30.7 Å². The van der Waals surface area contributed by atoms with Crippen LogP contribution in [0.3, 0.4) is 0 Å². The summed E-state index contributed by atoms with van der Waals surface area (Å²) in [6, 6.07) is 8.12. The summed E-state index contributed by atoms with van der Waals surface area (Å²) in [5.41, 5.74) is 4.06. The second kappa shape index (κ2) is 5.84. The first-order chi connectivity index (χ1) is 12.9. The largest absolute Gasteiger partial charge is 0.332 e. The van der Waals surface area contributed by atoms with Gasteiger partial charge in [-0.25, -0.2) is 4.79 Å². The molecule has 0 bridgehead atoms. The molecule has 4 aromatic rings. The summed E-state index contributed by atoms with van der Waals surface area (Å²) < 4.78 is 6.45. The molecule has 0 fully saturated rings. The minimum atomic E-state index is -0.399. The fraction of sp³-hybridized carbons (Fsp3) is 0.250. The summed E-state index contributed by atoms with van der Waals surface area (Å²) >= 11 is 0. The predicted octanol–water partition coefficient (Wildman–Crippen LogP) is 2.25. The van der Waals surface area contributed by atoms with E-state index in [0.717, 1.165) is 17.1 Å². The number of rotatable bonds is 3.